The zero-order valence-electron chi connectivity index (χ0n) is 18.3. The first-order chi connectivity index (χ1) is 14.7. The molecule has 1 aliphatic carbocycles. The summed E-state index contributed by atoms with van der Waals surface area (Å²) in [5.74, 6) is 0.254. The number of hydrogen-bond acceptors (Lipinski definition) is 4. The van der Waals surface area contributed by atoms with E-state index >= 15 is 0 Å². The molecule has 2 fully saturated rings. The molecule has 2 unspecified atom stereocenters. The Kier molecular flexibility index (Phi) is 6.32. The third-order valence-electron chi connectivity index (χ3n) is 7.43. The Bertz CT molecular complexity index is 808. The fraction of sp³-hybridized carbons (Fsp3) is 0.739. The van der Waals surface area contributed by atoms with Crippen molar-refractivity contribution in [1.29, 1.82) is 0 Å². The highest BCUT2D eigenvalue weighted by atomic mass is 19.4. The average Bonchev–Trinajstić information content (AvgIpc) is 3.17. The molecule has 1 amide bonds. The van der Waals surface area contributed by atoms with E-state index in [1.165, 1.54) is 0 Å². The molecule has 1 saturated heterocycles. The molecular weight excluding hydrogens is 407 g/mol. The van der Waals surface area contributed by atoms with Gasteiger partial charge in [0.25, 0.3) is 0 Å². The highest BCUT2D eigenvalue weighted by Crippen LogP contribution is 2.46. The van der Waals surface area contributed by atoms with E-state index in [0.29, 0.717) is 36.3 Å². The molecule has 0 spiro atoms. The van der Waals surface area contributed by atoms with Crippen molar-refractivity contribution in [3.8, 4) is 0 Å². The SMILES string of the molecule is CC(C)C1(C(=O)N2CCc3ncc(C(F)(F)F)cc3C2)CCC(NC2CCOCC2)C1. The third-order valence-corrected chi connectivity index (χ3v) is 7.43. The smallest absolute Gasteiger partial charge is 0.381 e. The van der Waals surface area contributed by atoms with Crippen LogP contribution in [0, 0.1) is 11.3 Å². The van der Waals surface area contributed by atoms with Crippen molar-refractivity contribution in [3.05, 3.63) is 29.1 Å². The van der Waals surface area contributed by atoms with Gasteiger partial charge in [-0.25, -0.2) is 0 Å². The molecule has 5 nitrogen and oxygen atoms in total. The minimum atomic E-state index is -4.43. The molecule has 4 rings (SSSR count). The summed E-state index contributed by atoms with van der Waals surface area (Å²) in [4.78, 5) is 19.5. The standard InChI is InChI=1S/C23H32F3N3O2/c1-15(2)22(7-3-19(12-22)28-18-5-9-31-10-6-18)21(30)29-8-4-20-16(14-29)11-17(13-27-20)23(24,25)26/h11,13,15,18-19,28H,3-10,12,14H2,1-2H3. The number of alkyl halides is 3. The lowest BCUT2D eigenvalue weighted by molar-refractivity contribution is -0.146. The Labute approximate surface area is 181 Å². The Morgan fingerprint density at radius 3 is 2.68 bits per heavy atom. The normalized spacial score (nSPS) is 27.5. The average molecular weight is 440 g/mol. The van der Waals surface area contributed by atoms with Crippen LogP contribution >= 0.6 is 0 Å². The molecule has 1 saturated carbocycles. The summed E-state index contributed by atoms with van der Waals surface area (Å²) in [5.41, 5.74) is -0.0277. The summed E-state index contributed by atoms with van der Waals surface area (Å²) in [7, 11) is 0. The molecule has 3 heterocycles. The second-order valence-corrected chi connectivity index (χ2v) is 9.61. The molecule has 3 aliphatic rings. The quantitative estimate of drug-likeness (QED) is 0.772. The van der Waals surface area contributed by atoms with Gasteiger partial charge in [-0.2, -0.15) is 13.2 Å². The molecule has 172 valence electrons. The van der Waals surface area contributed by atoms with E-state index in [-0.39, 0.29) is 18.4 Å². The number of carbonyl (C=O) groups is 1. The van der Waals surface area contributed by atoms with Crippen LogP contribution in [0.25, 0.3) is 0 Å². The van der Waals surface area contributed by atoms with Crippen LogP contribution in [-0.4, -0.2) is 47.6 Å². The van der Waals surface area contributed by atoms with E-state index in [2.05, 4.69) is 24.1 Å². The van der Waals surface area contributed by atoms with E-state index in [4.69, 9.17) is 4.74 Å². The molecular formula is C23H32F3N3O2. The lowest BCUT2D eigenvalue weighted by Crippen LogP contribution is -2.49. The van der Waals surface area contributed by atoms with Crippen molar-refractivity contribution in [2.45, 2.75) is 77.2 Å². The number of amides is 1. The number of rotatable bonds is 4. The maximum atomic E-state index is 13.7. The van der Waals surface area contributed by atoms with Gasteiger partial charge in [0.2, 0.25) is 5.91 Å². The molecule has 0 aromatic carbocycles. The fourth-order valence-electron chi connectivity index (χ4n) is 5.45. The first kappa shape index (κ1) is 22.5. The predicted molar refractivity (Wildman–Crippen MR) is 110 cm³/mol. The number of nitrogens with zero attached hydrogens (tertiary/aromatic N) is 2. The topological polar surface area (TPSA) is 54.5 Å². The summed E-state index contributed by atoms with van der Waals surface area (Å²) >= 11 is 0. The van der Waals surface area contributed by atoms with Crippen molar-refractivity contribution < 1.29 is 22.7 Å². The molecule has 31 heavy (non-hydrogen) atoms. The summed E-state index contributed by atoms with van der Waals surface area (Å²) in [6, 6.07) is 1.89. The van der Waals surface area contributed by atoms with Crippen LogP contribution in [-0.2, 0) is 28.7 Å². The Morgan fingerprint density at radius 1 is 1.26 bits per heavy atom. The summed E-state index contributed by atoms with van der Waals surface area (Å²) in [6.07, 6.45) is 1.51. The van der Waals surface area contributed by atoms with Crippen molar-refractivity contribution in [2.24, 2.45) is 11.3 Å². The molecule has 1 N–H and O–H groups in total. The summed E-state index contributed by atoms with van der Waals surface area (Å²) in [6.45, 7) is 6.46. The zero-order valence-corrected chi connectivity index (χ0v) is 18.3. The number of halogens is 3. The van der Waals surface area contributed by atoms with Gasteiger partial charge in [-0.05, 0) is 49.7 Å². The second kappa shape index (κ2) is 8.70. The van der Waals surface area contributed by atoms with E-state index in [0.717, 1.165) is 57.6 Å². The molecule has 0 bridgehead atoms. The van der Waals surface area contributed by atoms with Gasteiger partial charge in [-0.15, -0.1) is 0 Å². The second-order valence-electron chi connectivity index (χ2n) is 9.61. The van der Waals surface area contributed by atoms with Crippen LogP contribution in [0.5, 0.6) is 0 Å². The minimum Gasteiger partial charge on any atom is -0.381 e. The van der Waals surface area contributed by atoms with Gasteiger partial charge in [0, 0.05) is 56.7 Å². The predicted octanol–water partition coefficient (Wildman–Crippen LogP) is 3.95. The molecule has 2 aliphatic heterocycles. The number of ether oxygens (including phenoxy) is 1. The molecule has 1 aromatic rings. The third kappa shape index (κ3) is 4.60. The van der Waals surface area contributed by atoms with Crippen molar-refractivity contribution in [1.82, 2.24) is 15.2 Å². The fourth-order valence-corrected chi connectivity index (χ4v) is 5.45. The number of hydrogen-bond donors (Lipinski definition) is 1. The highest BCUT2D eigenvalue weighted by molar-refractivity contribution is 5.83. The lowest BCUT2D eigenvalue weighted by atomic mass is 9.74. The van der Waals surface area contributed by atoms with Gasteiger partial charge < -0.3 is 15.0 Å². The molecule has 8 heteroatoms. The molecule has 0 radical (unpaired) electrons. The van der Waals surface area contributed by atoms with Crippen LogP contribution in [0.2, 0.25) is 0 Å². The highest BCUT2D eigenvalue weighted by Gasteiger charge is 2.49. The van der Waals surface area contributed by atoms with E-state index in [1.54, 1.807) is 4.90 Å². The largest absolute Gasteiger partial charge is 0.417 e. The number of pyridine rings is 1. The summed E-state index contributed by atoms with van der Waals surface area (Å²) < 4.78 is 44.8. The van der Waals surface area contributed by atoms with Gasteiger partial charge in [-0.1, -0.05) is 13.8 Å². The first-order valence-corrected chi connectivity index (χ1v) is 11.4. The van der Waals surface area contributed by atoms with Crippen LogP contribution < -0.4 is 5.32 Å². The summed E-state index contributed by atoms with van der Waals surface area (Å²) in [5, 5.41) is 3.74. The Balaban J connectivity index is 1.48. The zero-order chi connectivity index (χ0) is 22.2. The number of fused-ring (bicyclic) bond motifs is 1. The Morgan fingerprint density at radius 2 is 2.00 bits per heavy atom. The van der Waals surface area contributed by atoms with Crippen LogP contribution in [0.1, 0.15) is 62.8 Å². The lowest BCUT2D eigenvalue weighted by Gasteiger charge is -2.39. The van der Waals surface area contributed by atoms with Crippen LogP contribution in [0.4, 0.5) is 13.2 Å². The van der Waals surface area contributed by atoms with Gasteiger partial charge in [-0.3, -0.25) is 9.78 Å². The van der Waals surface area contributed by atoms with Gasteiger partial charge in [0.1, 0.15) is 0 Å². The van der Waals surface area contributed by atoms with Crippen molar-refractivity contribution in [2.75, 3.05) is 19.8 Å². The maximum Gasteiger partial charge on any atom is 0.417 e. The number of aromatic nitrogens is 1. The molecule has 1 aromatic heterocycles. The van der Waals surface area contributed by atoms with Gasteiger partial charge in [0.15, 0.2) is 0 Å². The van der Waals surface area contributed by atoms with E-state index in [1.807, 2.05) is 0 Å². The minimum absolute atomic E-state index is 0.0850. The van der Waals surface area contributed by atoms with Crippen molar-refractivity contribution >= 4 is 5.91 Å². The Hall–Kier alpha value is -1.67. The first-order valence-electron chi connectivity index (χ1n) is 11.4. The van der Waals surface area contributed by atoms with Crippen LogP contribution in [0.3, 0.4) is 0 Å². The molecule has 2 atom stereocenters. The maximum absolute atomic E-state index is 13.7. The number of nitrogens with one attached hydrogen (secondary N) is 1. The van der Waals surface area contributed by atoms with Crippen molar-refractivity contribution in [3.63, 3.8) is 0 Å². The van der Waals surface area contributed by atoms with E-state index in [9.17, 15) is 18.0 Å². The van der Waals surface area contributed by atoms with Gasteiger partial charge in [0.05, 0.1) is 11.0 Å². The monoisotopic (exact) mass is 439 g/mol. The van der Waals surface area contributed by atoms with Crippen LogP contribution in [0.15, 0.2) is 12.3 Å². The van der Waals surface area contributed by atoms with E-state index < -0.39 is 17.2 Å². The number of carbonyl (C=O) groups excluding carboxylic acids is 1. The van der Waals surface area contributed by atoms with Gasteiger partial charge >= 0.3 is 6.18 Å².